The summed E-state index contributed by atoms with van der Waals surface area (Å²) in [5, 5.41) is 14.0. The van der Waals surface area contributed by atoms with E-state index in [1.165, 1.54) is 71.3 Å². The smallest absolute Gasteiger partial charge is 0.0540 e. The lowest BCUT2D eigenvalue weighted by molar-refractivity contribution is 0.728. The maximum atomic E-state index is 3.69. The third kappa shape index (κ3) is 4.25. The number of allylic oxidation sites excluding steroid dienone is 3. The van der Waals surface area contributed by atoms with Crippen LogP contribution in [0.4, 0.5) is 22.7 Å². The molecule has 7 aromatic carbocycles. The molecule has 7 aromatic rings. The lowest BCUT2D eigenvalue weighted by Gasteiger charge is -2.30. The fraction of sp³-hybridized carbons (Fsp3) is 0.122. The summed E-state index contributed by atoms with van der Waals surface area (Å²) in [6, 6.07) is 40.3. The molecule has 208 valence electrons. The number of nitrogens with zero attached hydrogens (tertiary/aromatic N) is 1. The van der Waals surface area contributed by atoms with Gasteiger partial charge in [0.05, 0.1) is 5.69 Å². The third-order valence-corrected chi connectivity index (χ3v) is 9.05. The number of aryl methyl sites for hydroxylation is 2. The number of benzene rings is 7. The highest BCUT2D eigenvalue weighted by Crippen LogP contribution is 2.46. The lowest BCUT2D eigenvalue weighted by atomic mass is 9.88. The zero-order valence-electron chi connectivity index (χ0n) is 24.9. The average molecular weight is 555 g/mol. The summed E-state index contributed by atoms with van der Waals surface area (Å²) in [5.74, 6) is 0.558. The summed E-state index contributed by atoms with van der Waals surface area (Å²) in [4.78, 5) is 2.44. The maximum absolute atomic E-state index is 3.69. The van der Waals surface area contributed by atoms with Gasteiger partial charge in [-0.3, -0.25) is 0 Å². The summed E-state index contributed by atoms with van der Waals surface area (Å²) in [5.41, 5.74) is 8.39. The Morgan fingerprint density at radius 2 is 1.19 bits per heavy atom. The van der Waals surface area contributed by atoms with Gasteiger partial charge in [-0.25, -0.2) is 0 Å². The van der Waals surface area contributed by atoms with Crippen LogP contribution in [0.5, 0.6) is 0 Å². The molecule has 1 aliphatic rings. The molecule has 1 unspecified atom stereocenters. The van der Waals surface area contributed by atoms with Crippen molar-refractivity contribution in [3.8, 4) is 0 Å². The molecule has 0 saturated heterocycles. The van der Waals surface area contributed by atoms with Gasteiger partial charge in [0.2, 0.25) is 0 Å². The van der Waals surface area contributed by atoms with Crippen molar-refractivity contribution in [3.05, 3.63) is 144 Å². The first-order valence-electron chi connectivity index (χ1n) is 15.3. The Balaban J connectivity index is 1.37. The van der Waals surface area contributed by atoms with E-state index >= 15 is 0 Å². The van der Waals surface area contributed by atoms with Crippen molar-refractivity contribution in [3.63, 3.8) is 0 Å². The molecule has 0 saturated carbocycles. The van der Waals surface area contributed by atoms with Crippen LogP contribution in [0.25, 0.3) is 43.1 Å². The van der Waals surface area contributed by atoms with Crippen LogP contribution in [0.15, 0.2) is 133 Å². The van der Waals surface area contributed by atoms with E-state index in [0.717, 1.165) is 17.8 Å². The molecule has 1 atom stereocenters. The zero-order valence-corrected chi connectivity index (χ0v) is 24.9. The van der Waals surface area contributed by atoms with E-state index in [1.807, 2.05) is 0 Å². The van der Waals surface area contributed by atoms with Gasteiger partial charge in [0.25, 0.3) is 0 Å². The van der Waals surface area contributed by atoms with Crippen LogP contribution in [-0.2, 0) is 0 Å². The van der Waals surface area contributed by atoms with E-state index in [9.17, 15) is 0 Å². The van der Waals surface area contributed by atoms with Crippen LogP contribution < -0.4 is 10.2 Å². The minimum absolute atomic E-state index is 0.558. The van der Waals surface area contributed by atoms with Crippen LogP contribution in [0.1, 0.15) is 24.5 Å². The van der Waals surface area contributed by atoms with E-state index in [0.29, 0.717) is 5.92 Å². The van der Waals surface area contributed by atoms with E-state index in [1.54, 1.807) is 0 Å². The molecular formula is C41H34N2. The second kappa shape index (κ2) is 10.0. The third-order valence-electron chi connectivity index (χ3n) is 9.05. The van der Waals surface area contributed by atoms with Crippen LogP contribution >= 0.6 is 0 Å². The van der Waals surface area contributed by atoms with E-state index in [4.69, 9.17) is 0 Å². The lowest BCUT2D eigenvalue weighted by Crippen LogP contribution is -2.17. The summed E-state index contributed by atoms with van der Waals surface area (Å²) in [6.45, 7) is 6.55. The SMILES string of the molecule is Cc1ccc(Nc2ccc3c4ccc(N(C5=CCC(C)C=C5)c5ccc(C)cc5)c5cccc(c6cccc2c63)c54)cc1. The Morgan fingerprint density at radius 1 is 0.605 bits per heavy atom. The van der Waals surface area contributed by atoms with Crippen molar-refractivity contribution >= 4 is 65.8 Å². The van der Waals surface area contributed by atoms with Crippen molar-refractivity contribution in [2.75, 3.05) is 10.2 Å². The number of hydrogen-bond donors (Lipinski definition) is 1. The topological polar surface area (TPSA) is 15.3 Å². The van der Waals surface area contributed by atoms with Gasteiger partial charge in [-0.2, -0.15) is 0 Å². The highest BCUT2D eigenvalue weighted by Gasteiger charge is 2.21. The second-order valence-corrected chi connectivity index (χ2v) is 12.1. The molecule has 0 amide bonds. The average Bonchev–Trinajstić information content (AvgIpc) is 3.04. The van der Waals surface area contributed by atoms with Gasteiger partial charge in [0, 0.05) is 33.5 Å². The molecule has 8 rings (SSSR count). The van der Waals surface area contributed by atoms with Crippen LogP contribution in [0, 0.1) is 19.8 Å². The number of nitrogens with one attached hydrogen (secondary N) is 1. The molecule has 1 N–H and O–H groups in total. The molecule has 0 aliphatic heterocycles. The standard InChI is InChI=1S/C41H34N2/c1-26-10-16-29(17-11-26)42-38-24-22-34-35-23-25-39(37-9-5-7-33(41(35)37)32-6-4-8-36(38)40(32)34)43(30-18-12-27(2)13-19-30)31-20-14-28(3)15-21-31/h4-14,16-25,28,42H,15H2,1-3H3. The highest BCUT2D eigenvalue weighted by molar-refractivity contribution is 6.35. The van der Waals surface area contributed by atoms with Gasteiger partial charge in [0.15, 0.2) is 0 Å². The van der Waals surface area contributed by atoms with Gasteiger partial charge in [0.1, 0.15) is 0 Å². The predicted molar refractivity (Wildman–Crippen MR) is 186 cm³/mol. The molecule has 0 bridgehead atoms. The second-order valence-electron chi connectivity index (χ2n) is 12.1. The first kappa shape index (κ1) is 25.6. The van der Waals surface area contributed by atoms with Gasteiger partial charge in [-0.15, -0.1) is 0 Å². The molecule has 0 aromatic heterocycles. The van der Waals surface area contributed by atoms with Crippen molar-refractivity contribution in [2.45, 2.75) is 27.2 Å². The van der Waals surface area contributed by atoms with Crippen LogP contribution in [0.3, 0.4) is 0 Å². The first-order valence-corrected chi connectivity index (χ1v) is 15.3. The minimum atomic E-state index is 0.558. The number of hydrogen-bond acceptors (Lipinski definition) is 2. The maximum Gasteiger partial charge on any atom is 0.0540 e. The van der Waals surface area contributed by atoms with E-state index in [2.05, 4.69) is 158 Å². The normalized spacial score (nSPS) is 15.0. The van der Waals surface area contributed by atoms with Gasteiger partial charge < -0.3 is 10.2 Å². The number of rotatable bonds is 5. The Kier molecular flexibility index (Phi) is 5.97. The summed E-state index contributed by atoms with van der Waals surface area (Å²) in [6.07, 6.45) is 8.06. The first-order chi connectivity index (χ1) is 21.0. The molecule has 0 radical (unpaired) electrons. The Hall–Kier alpha value is -5.08. The quantitative estimate of drug-likeness (QED) is 0.168. The molecule has 2 nitrogen and oxygen atoms in total. The fourth-order valence-corrected chi connectivity index (χ4v) is 6.80. The number of anilines is 4. The molecule has 0 spiro atoms. The van der Waals surface area contributed by atoms with Crippen molar-refractivity contribution in [1.82, 2.24) is 0 Å². The summed E-state index contributed by atoms with van der Waals surface area (Å²) in [7, 11) is 0. The van der Waals surface area contributed by atoms with Crippen LogP contribution in [0.2, 0.25) is 0 Å². The van der Waals surface area contributed by atoms with Crippen molar-refractivity contribution in [2.24, 2.45) is 5.92 Å². The largest absolute Gasteiger partial charge is 0.355 e. The zero-order chi connectivity index (χ0) is 29.1. The molecular weight excluding hydrogens is 520 g/mol. The monoisotopic (exact) mass is 554 g/mol. The molecule has 43 heavy (non-hydrogen) atoms. The molecule has 0 fully saturated rings. The van der Waals surface area contributed by atoms with Gasteiger partial charge in [-0.05, 0) is 101 Å². The van der Waals surface area contributed by atoms with Crippen molar-refractivity contribution < 1.29 is 0 Å². The number of fused-ring (bicyclic) bond motifs is 2. The minimum Gasteiger partial charge on any atom is -0.355 e. The van der Waals surface area contributed by atoms with E-state index < -0.39 is 0 Å². The predicted octanol–water partition coefficient (Wildman–Crippen LogP) is 11.7. The molecule has 0 heterocycles. The Morgan fingerprint density at radius 3 is 1.86 bits per heavy atom. The van der Waals surface area contributed by atoms with E-state index in [-0.39, 0.29) is 0 Å². The summed E-state index contributed by atoms with van der Waals surface area (Å²) >= 11 is 0. The van der Waals surface area contributed by atoms with Gasteiger partial charge >= 0.3 is 0 Å². The Bertz CT molecular complexity index is 2180. The Labute approximate surface area is 252 Å². The fourth-order valence-electron chi connectivity index (χ4n) is 6.80. The van der Waals surface area contributed by atoms with Gasteiger partial charge in [-0.1, -0.05) is 103 Å². The van der Waals surface area contributed by atoms with Crippen LogP contribution in [-0.4, -0.2) is 0 Å². The highest BCUT2D eigenvalue weighted by atomic mass is 15.1. The molecule has 2 heteroatoms. The summed E-state index contributed by atoms with van der Waals surface area (Å²) < 4.78 is 0. The van der Waals surface area contributed by atoms with Crippen molar-refractivity contribution in [1.29, 1.82) is 0 Å². The molecule has 1 aliphatic carbocycles.